The molecule has 0 amide bonds. The Kier molecular flexibility index (Phi) is 5.44. The first-order valence-electron chi connectivity index (χ1n) is 4.40. The minimum absolute atomic E-state index is 0.318. The van der Waals surface area contributed by atoms with Crippen LogP contribution in [0.1, 0.15) is 33.6 Å². The first-order valence-corrected chi connectivity index (χ1v) is 4.40. The molecule has 0 saturated carbocycles. The lowest BCUT2D eigenvalue weighted by atomic mass is 10.2. The van der Waals surface area contributed by atoms with Crippen molar-refractivity contribution in [2.75, 3.05) is 0 Å². The van der Waals surface area contributed by atoms with Crippen molar-refractivity contribution >= 4 is 17.7 Å². The lowest BCUT2D eigenvalue weighted by Gasteiger charge is -2.02. The molecule has 0 radical (unpaired) electrons. The number of Topliss-reactive ketones (excluding diaryl/α,β-unsaturated/α-hetero) is 1. The molecule has 0 rings (SSSR count). The molecule has 0 aliphatic rings. The van der Waals surface area contributed by atoms with Crippen molar-refractivity contribution in [3.8, 4) is 0 Å². The van der Waals surface area contributed by atoms with Crippen LogP contribution in [0.4, 0.5) is 0 Å². The first-order chi connectivity index (χ1) is 6.51. The van der Waals surface area contributed by atoms with E-state index in [-0.39, 0.29) is 12.2 Å². The standard InChI is InChI=1S/C10H14O4/c1-4-8(5-2)10(13)14-9(12)6-7(3)11/h4H,5-6H2,1-3H3. The van der Waals surface area contributed by atoms with E-state index in [1.807, 2.05) is 0 Å². The van der Waals surface area contributed by atoms with Crippen molar-refractivity contribution in [3.63, 3.8) is 0 Å². The van der Waals surface area contributed by atoms with E-state index in [0.29, 0.717) is 12.0 Å². The first kappa shape index (κ1) is 12.6. The topological polar surface area (TPSA) is 60.4 Å². The summed E-state index contributed by atoms with van der Waals surface area (Å²) in [4.78, 5) is 32.6. The highest BCUT2D eigenvalue weighted by atomic mass is 16.6. The molecule has 0 aliphatic heterocycles. The lowest BCUT2D eigenvalue weighted by molar-refractivity contribution is -0.157. The number of esters is 2. The van der Waals surface area contributed by atoms with Crippen molar-refractivity contribution in [2.45, 2.75) is 33.6 Å². The van der Waals surface area contributed by atoms with Crippen LogP contribution in [0.5, 0.6) is 0 Å². The molecule has 0 bridgehead atoms. The summed E-state index contributed by atoms with van der Waals surface area (Å²) in [5.41, 5.74) is 0.432. The van der Waals surface area contributed by atoms with Gasteiger partial charge in [0.05, 0.1) is 0 Å². The molecule has 0 aromatic heterocycles. The minimum atomic E-state index is -0.796. The van der Waals surface area contributed by atoms with Crippen LogP contribution in [0.15, 0.2) is 11.6 Å². The Morgan fingerprint density at radius 1 is 1.29 bits per heavy atom. The Balaban J connectivity index is 4.19. The molecule has 0 spiro atoms. The van der Waals surface area contributed by atoms with Gasteiger partial charge in [-0.15, -0.1) is 0 Å². The molecule has 4 heteroatoms. The second-order valence-electron chi connectivity index (χ2n) is 2.81. The van der Waals surface area contributed by atoms with Gasteiger partial charge in [0.1, 0.15) is 12.2 Å². The molecule has 0 unspecified atom stereocenters. The molecular formula is C10H14O4. The Bertz CT molecular complexity index is 276. The molecule has 0 fully saturated rings. The molecule has 0 atom stereocenters. The fraction of sp³-hybridized carbons (Fsp3) is 0.500. The molecule has 14 heavy (non-hydrogen) atoms. The summed E-state index contributed by atoms with van der Waals surface area (Å²) < 4.78 is 4.44. The quantitative estimate of drug-likeness (QED) is 0.389. The third-order valence-electron chi connectivity index (χ3n) is 1.59. The highest BCUT2D eigenvalue weighted by Gasteiger charge is 2.14. The van der Waals surface area contributed by atoms with E-state index >= 15 is 0 Å². The third kappa shape index (κ3) is 4.54. The summed E-state index contributed by atoms with van der Waals surface area (Å²) in [6.07, 6.45) is 1.73. The molecule has 0 aromatic carbocycles. The van der Waals surface area contributed by atoms with Crippen LogP contribution >= 0.6 is 0 Å². The van der Waals surface area contributed by atoms with Crippen molar-refractivity contribution < 1.29 is 19.1 Å². The predicted molar refractivity (Wildman–Crippen MR) is 50.4 cm³/mol. The van der Waals surface area contributed by atoms with E-state index in [2.05, 4.69) is 4.74 Å². The number of allylic oxidation sites excluding steroid dienone is 1. The molecule has 0 aromatic rings. The van der Waals surface area contributed by atoms with Gasteiger partial charge in [-0.3, -0.25) is 9.59 Å². The maximum absolute atomic E-state index is 11.2. The minimum Gasteiger partial charge on any atom is -0.389 e. The maximum Gasteiger partial charge on any atom is 0.341 e. The van der Waals surface area contributed by atoms with Gasteiger partial charge in [0.2, 0.25) is 0 Å². The SMILES string of the molecule is CC=C(CC)C(=O)OC(=O)CC(C)=O. The number of carbonyl (C=O) groups excluding carboxylic acids is 3. The van der Waals surface area contributed by atoms with Gasteiger partial charge in [-0.1, -0.05) is 13.0 Å². The average Bonchev–Trinajstić information content (AvgIpc) is 2.04. The van der Waals surface area contributed by atoms with Crippen LogP contribution in [-0.2, 0) is 19.1 Å². The second kappa shape index (κ2) is 6.07. The smallest absolute Gasteiger partial charge is 0.341 e. The molecule has 78 valence electrons. The van der Waals surface area contributed by atoms with Gasteiger partial charge >= 0.3 is 11.9 Å². The van der Waals surface area contributed by atoms with Gasteiger partial charge in [-0.25, -0.2) is 4.79 Å². The van der Waals surface area contributed by atoms with Crippen molar-refractivity contribution in [1.29, 1.82) is 0 Å². The summed E-state index contributed by atoms with van der Waals surface area (Å²) in [6, 6.07) is 0. The van der Waals surface area contributed by atoms with E-state index in [1.165, 1.54) is 6.92 Å². The summed E-state index contributed by atoms with van der Waals surface area (Å²) in [7, 11) is 0. The van der Waals surface area contributed by atoms with E-state index in [9.17, 15) is 14.4 Å². The molecular weight excluding hydrogens is 184 g/mol. The number of rotatable bonds is 4. The van der Waals surface area contributed by atoms with Crippen LogP contribution in [-0.4, -0.2) is 17.7 Å². The zero-order valence-electron chi connectivity index (χ0n) is 8.62. The van der Waals surface area contributed by atoms with Gasteiger partial charge < -0.3 is 4.74 Å². The molecule has 0 heterocycles. The van der Waals surface area contributed by atoms with Crippen molar-refractivity contribution in [1.82, 2.24) is 0 Å². The van der Waals surface area contributed by atoms with Crippen LogP contribution < -0.4 is 0 Å². The largest absolute Gasteiger partial charge is 0.389 e. The third-order valence-corrected chi connectivity index (χ3v) is 1.59. The van der Waals surface area contributed by atoms with E-state index < -0.39 is 11.9 Å². The Labute approximate surface area is 82.9 Å². The number of hydrogen-bond donors (Lipinski definition) is 0. The molecule has 4 nitrogen and oxygen atoms in total. The predicted octanol–water partition coefficient (Wildman–Crippen LogP) is 1.39. The molecule has 0 N–H and O–H groups in total. The Morgan fingerprint density at radius 3 is 2.21 bits per heavy atom. The monoisotopic (exact) mass is 198 g/mol. The maximum atomic E-state index is 11.2. The van der Waals surface area contributed by atoms with Gasteiger partial charge in [0.25, 0.3) is 0 Å². The van der Waals surface area contributed by atoms with Crippen LogP contribution in [0.3, 0.4) is 0 Å². The van der Waals surface area contributed by atoms with E-state index in [0.717, 1.165) is 0 Å². The van der Waals surface area contributed by atoms with Crippen LogP contribution in [0.25, 0.3) is 0 Å². The summed E-state index contributed by atoms with van der Waals surface area (Å²) >= 11 is 0. The van der Waals surface area contributed by atoms with Crippen molar-refractivity contribution in [2.24, 2.45) is 0 Å². The number of carbonyl (C=O) groups is 3. The zero-order valence-corrected chi connectivity index (χ0v) is 8.62. The fourth-order valence-electron chi connectivity index (χ4n) is 0.875. The van der Waals surface area contributed by atoms with Crippen LogP contribution in [0.2, 0.25) is 0 Å². The molecule has 0 aliphatic carbocycles. The fourth-order valence-corrected chi connectivity index (χ4v) is 0.875. The van der Waals surface area contributed by atoms with Gasteiger partial charge in [-0.2, -0.15) is 0 Å². The van der Waals surface area contributed by atoms with Crippen molar-refractivity contribution in [3.05, 3.63) is 11.6 Å². The Morgan fingerprint density at radius 2 is 1.86 bits per heavy atom. The highest BCUT2D eigenvalue weighted by molar-refractivity contribution is 6.02. The normalized spacial score (nSPS) is 10.9. The highest BCUT2D eigenvalue weighted by Crippen LogP contribution is 2.04. The summed E-state index contributed by atoms with van der Waals surface area (Å²) in [5, 5.41) is 0. The summed E-state index contributed by atoms with van der Waals surface area (Å²) in [5.74, 6) is -1.78. The second-order valence-corrected chi connectivity index (χ2v) is 2.81. The number of ether oxygens (including phenoxy) is 1. The lowest BCUT2D eigenvalue weighted by Crippen LogP contribution is -2.16. The number of hydrogen-bond acceptors (Lipinski definition) is 4. The van der Waals surface area contributed by atoms with Crippen LogP contribution in [0, 0.1) is 0 Å². The molecule has 0 saturated heterocycles. The van der Waals surface area contributed by atoms with E-state index in [4.69, 9.17) is 0 Å². The summed E-state index contributed by atoms with van der Waals surface area (Å²) in [6.45, 7) is 4.74. The average molecular weight is 198 g/mol. The zero-order chi connectivity index (χ0) is 11.1. The van der Waals surface area contributed by atoms with E-state index in [1.54, 1.807) is 19.9 Å². The van der Waals surface area contributed by atoms with Gasteiger partial charge in [-0.05, 0) is 20.3 Å². The van der Waals surface area contributed by atoms with Gasteiger partial charge in [0, 0.05) is 5.57 Å². The Hall–Kier alpha value is -1.45. The van der Waals surface area contributed by atoms with Gasteiger partial charge in [0.15, 0.2) is 0 Å². The number of ketones is 1.